The van der Waals surface area contributed by atoms with Crippen LogP contribution < -0.4 is 5.73 Å². The van der Waals surface area contributed by atoms with E-state index in [0.717, 1.165) is 25.8 Å². The van der Waals surface area contributed by atoms with Crippen molar-refractivity contribution in [2.45, 2.75) is 32.2 Å². The van der Waals surface area contributed by atoms with Gasteiger partial charge in [-0.1, -0.05) is 25.5 Å². The van der Waals surface area contributed by atoms with Crippen LogP contribution >= 0.6 is 0 Å². The van der Waals surface area contributed by atoms with Crippen molar-refractivity contribution in [3.63, 3.8) is 0 Å². The van der Waals surface area contributed by atoms with E-state index in [0.29, 0.717) is 0 Å². The Morgan fingerprint density at radius 2 is 2.29 bits per heavy atom. The second-order valence-corrected chi connectivity index (χ2v) is 4.00. The molecule has 14 heavy (non-hydrogen) atoms. The zero-order valence-electron chi connectivity index (χ0n) is 9.07. The van der Waals surface area contributed by atoms with Gasteiger partial charge in [0.15, 0.2) is 0 Å². The predicted molar refractivity (Wildman–Crippen MR) is 57.8 cm³/mol. The van der Waals surface area contributed by atoms with E-state index in [1.807, 2.05) is 24.1 Å². The molecule has 2 N–H and O–H groups in total. The maximum Gasteiger partial charge on any atom is 0.229 e. The van der Waals surface area contributed by atoms with Crippen LogP contribution in [0, 0.1) is 5.92 Å². The minimum absolute atomic E-state index is 0.0202. The van der Waals surface area contributed by atoms with Gasteiger partial charge in [-0.3, -0.25) is 4.79 Å². The lowest BCUT2D eigenvalue weighted by Crippen LogP contribution is -2.33. The van der Waals surface area contributed by atoms with Gasteiger partial charge in [-0.25, -0.2) is 0 Å². The largest absolute Gasteiger partial charge is 0.345 e. The molecule has 0 radical (unpaired) electrons. The molecule has 1 rings (SSSR count). The Labute approximate surface area is 86.0 Å². The van der Waals surface area contributed by atoms with Gasteiger partial charge in [0.1, 0.15) is 0 Å². The molecule has 0 saturated heterocycles. The third-order valence-electron chi connectivity index (χ3n) is 2.66. The summed E-state index contributed by atoms with van der Waals surface area (Å²) in [4.78, 5) is 13.6. The van der Waals surface area contributed by atoms with Gasteiger partial charge in [0.05, 0.1) is 5.92 Å². The lowest BCUT2D eigenvalue weighted by atomic mass is 10.1. The van der Waals surface area contributed by atoms with Gasteiger partial charge in [-0.05, 0) is 12.8 Å². The molecule has 0 aliphatic heterocycles. The molecular weight excluding hydrogens is 176 g/mol. The number of carbonyl (C=O) groups is 1. The van der Waals surface area contributed by atoms with Crippen molar-refractivity contribution < 1.29 is 4.79 Å². The van der Waals surface area contributed by atoms with Gasteiger partial charge in [-0.2, -0.15) is 0 Å². The first-order chi connectivity index (χ1) is 6.65. The summed E-state index contributed by atoms with van der Waals surface area (Å²) in [6, 6.07) is 0.0727. The molecule has 0 saturated carbocycles. The van der Waals surface area contributed by atoms with Crippen molar-refractivity contribution >= 4 is 5.91 Å². The number of rotatable bonds is 4. The van der Waals surface area contributed by atoms with Gasteiger partial charge >= 0.3 is 0 Å². The van der Waals surface area contributed by atoms with Crippen LogP contribution in [0.4, 0.5) is 0 Å². The minimum atomic E-state index is 0.0202. The van der Waals surface area contributed by atoms with Crippen molar-refractivity contribution in [1.29, 1.82) is 0 Å². The minimum Gasteiger partial charge on any atom is -0.345 e. The van der Waals surface area contributed by atoms with Crippen LogP contribution in [0.3, 0.4) is 0 Å². The maximum absolute atomic E-state index is 11.8. The standard InChI is InChI=1S/C11H20N2O/c1-3-4-7-13(2)11(14)9-5-6-10(12)8-9/h5-6,9-10H,3-4,7-8,12H2,1-2H3. The summed E-state index contributed by atoms with van der Waals surface area (Å²) in [6.45, 7) is 2.98. The Morgan fingerprint density at radius 1 is 1.57 bits per heavy atom. The molecule has 0 aromatic carbocycles. The molecule has 3 heteroatoms. The number of unbranched alkanes of at least 4 members (excludes halogenated alkanes) is 1. The third-order valence-corrected chi connectivity index (χ3v) is 2.66. The highest BCUT2D eigenvalue weighted by atomic mass is 16.2. The summed E-state index contributed by atoms with van der Waals surface area (Å²) in [7, 11) is 1.87. The molecule has 0 spiro atoms. The highest BCUT2D eigenvalue weighted by Gasteiger charge is 2.24. The van der Waals surface area contributed by atoms with Crippen molar-refractivity contribution in [3.05, 3.63) is 12.2 Å². The van der Waals surface area contributed by atoms with Crippen LogP contribution in [0.5, 0.6) is 0 Å². The fourth-order valence-corrected chi connectivity index (χ4v) is 1.70. The fraction of sp³-hybridized carbons (Fsp3) is 0.727. The molecule has 80 valence electrons. The van der Waals surface area contributed by atoms with Crippen molar-refractivity contribution in [3.8, 4) is 0 Å². The Bertz CT molecular complexity index is 225. The predicted octanol–water partition coefficient (Wildman–Crippen LogP) is 1.15. The number of hydrogen-bond acceptors (Lipinski definition) is 2. The lowest BCUT2D eigenvalue weighted by Gasteiger charge is -2.20. The number of nitrogens with two attached hydrogens (primary N) is 1. The van der Waals surface area contributed by atoms with Crippen LogP contribution in [0.15, 0.2) is 12.2 Å². The molecule has 3 nitrogen and oxygen atoms in total. The molecular formula is C11H20N2O. The van der Waals surface area contributed by atoms with Crippen LogP contribution in [-0.4, -0.2) is 30.4 Å². The first-order valence-electron chi connectivity index (χ1n) is 5.34. The molecule has 2 atom stereocenters. The molecule has 1 aliphatic rings. The van der Waals surface area contributed by atoms with E-state index in [1.54, 1.807) is 0 Å². The average molecular weight is 196 g/mol. The van der Waals surface area contributed by atoms with Crippen LogP contribution in [-0.2, 0) is 4.79 Å². The molecule has 0 heterocycles. The quantitative estimate of drug-likeness (QED) is 0.686. The molecule has 2 unspecified atom stereocenters. The number of nitrogens with zero attached hydrogens (tertiary/aromatic N) is 1. The number of carbonyl (C=O) groups excluding carboxylic acids is 1. The Kier molecular flexibility index (Phi) is 4.14. The zero-order valence-corrected chi connectivity index (χ0v) is 9.07. The van der Waals surface area contributed by atoms with Crippen molar-refractivity contribution in [2.24, 2.45) is 11.7 Å². The van der Waals surface area contributed by atoms with Crippen molar-refractivity contribution in [1.82, 2.24) is 4.90 Å². The summed E-state index contributed by atoms with van der Waals surface area (Å²) in [5.74, 6) is 0.231. The normalized spacial score (nSPS) is 25.4. The second-order valence-electron chi connectivity index (χ2n) is 4.00. The molecule has 0 aromatic heterocycles. The molecule has 0 fully saturated rings. The zero-order chi connectivity index (χ0) is 10.6. The smallest absolute Gasteiger partial charge is 0.229 e. The molecule has 0 bridgehead atoms. The Balaban J connectivity index is 2.37. The summed E-state index contributed by atoms with van der Waals surface area (Å²) < 4.78 is 0. The van der Waals surface area contributed by atoms with Gasteiger partial charge in [0, 0.05) is 19.6 Å². The van der Waals surface area contributed by atoms with E-state index in [2.05, 4.69) is 6.92 Å². The van der Waals surface area contributed by atoms with Crippen LogP contribution in [0.25, 0.3) is 0 Å². The molecule has 1 amide bonds. The summed E-state index contributed by atoms with van der Waals surface area (Å²) in [5.41, 5.74) is 5.71. The highest BCUT2D eigenvalue weighted by molar-refractivity contribution is 5.80. The Morgan fingerprint density at radius 3 is 2.79 bits per heavy atom. The van der Waals surface area contributed by atoms with Crippen LogP contribution in [0.2, 0.25) is 0 Å². The summed E-state index contributed by atoms with van der Waals surface area (Å²) in [5, 5.41) is 0. The fourth-order valence-electron chi connectivity index (χ4n) is 1.70. The highest BCUT2D eigenvalue weighted by Crippen LogP contribution is 2.18. The first-order valence-corrected chi connectivity index (χ1v) is 5.34. The molecule has 0 aromatic rings. The van der Waals surface area contributed by atoms with Gasteiger partial charge in [0.2, 0.25) is 5.91 Å². The van der Waals surface area contributed by atoms with Gasteiger partial charge < -0.3 is 10.6 Å². The van der Waals surface area contributed by atoms with Crippen LogP contribution in [0.1, 0.15) is 26.2 Å². The third kappa shape index (κ3) is 2.84. The SMILES string of the molecule is CCCCN(C)C(=O)C1C=CC(N)C1. The van der Waals surface area contributed by atoms with Gasteiger partial charge in [0.25, 0.3) is 0 Å². The lowest BCUT2D eigenvalue weighted by molar-refractivity contribution is -0.132. The number of hydrogen-bond donors (Lipinski definition) is 1. The maximum atomic E-state index is 11.8. The average Bonchev–Trinajstić information content (AvgIpc) is 2.60. The van der Waals surface area contributed by atoms with E-state index in [-0.39, 0.29) is 17.9 Å². The summed E-state index contributed by atoms with van der Waals surface area (Å²) in [6.07, 6.45) is 6.84. The molecule has 1 aliphatic carbocycles. The van der Waals surface area contributed by atoms with Crippen molar-refractivity contribution in [2.75, 3.05) is 13.6 Å². The Hall–Kier alpha value is -0.830. The number of amides is 1. The van der Waals surface area contributed by atoms with E-state index >= 15 is 0 Å². The van der Waals surface area contributed by atoms with Gasteiger partial charge in [-0.15, -0.1) is 0 Å². The summed E-state index contributed by atoms with van der Waals surface area (Å²) >= 11 is 0. The monoisotopic (exact) mass is 196 g/mol. The van der Waals surface area contributed by atoms with E-state index in [1.165, 1.54) is 0 Å². The van der Waals surface area contributed by atoms with E-state index in [4.69, 9.17) is 5.73 Å². The first kappa shape index (κ1) is 11.2. The van der Waals surface area contributed by atoms with E-state index in [9.17, 15) is 4.79 Å². The second kappa shape index (κ2) is 5.15. The van der Waals surface area contributed by atoms with E-state index < -0.39 is 0 Å². The topological polar surface area (TPSA) is 46.3 Å².